The molecular weight excluding hydrogens is 312 g/mol. The first-order chi connectivity index (χ1) is 9.74. The Morgan fingerprint density at radius 2 is 2.00 bits per heavy atom. The lowest BCUT2D eigenvalue weighted by molar-refractivity contribution is 0.0937. The van der Waals surface area contributed by atoms with E-state index in [0.29, 0.717) is 0 Å². The second-order valence-corrected chi connectivity index (χ2v) is 7.09. The first-order valence-corrected chi connectivity index (χ1v) is 8.80. The van der Waals surface area contributed by atoms with Crippen LogP contribution in [0.4, 0.5) is 0 Å². The van der Waals surface area contributed by atoms with E-state index in [4.69, 9.17) is 16.7 Å². The molecule has 0 heterocycles. The van der Waals surface area contributed by atoms with E-state index in [9.17, 15) is 13.2 Å². The fourth-order valence-corrected chi connectivity index (χ4v) is 2.82. The number of nitrogens with one attached hydrogen (secondary N) is 1. The van der Waals surface area contributed by atoms with Crippen molar-refractivity contribution >= 4 is 27.5 Å². The second-order valence-electron chi connectivity index (χ2n) is 5.09. The highest BCUT2D eigenvalue weighted by atomic mass is 35.5. The molecule has 0 aliphatic rings. The van der Waals surface area contributed by atoms with E-state index < -0.39 is 10.0 Å². The predicted octanol–water partition coefficient (Wildman–Crippen LogP) is 2.69. The van der Waals surface area contributed by atoms with Gasteiger partial charge in [0.05, 0.1) is 4.90 Å². The van der Waals surface area contributed by atoms with E-state index >= 15 is 0 Å². The van der Waals surface area contributed by atoms with Crippen LogP contribution in [0.3, 0.4) is 0 Å². The Hall–Kier alpha value is -1.11. The molecule has 5 nitrogen and oxygen atoms in total. The summed E-state index contributed by atoms with van der Waals surface area (Å²) in [6.45, 7) is 4.03. The zero-order chi connectivity index (χ0) is 16.0. The average Bonchev–Trinajstić information content (AvgIpc) is 2.37. The van der Waals surface area contributed by atoms with E-state index in [-0.39, 0.29) is 27.4 Å². The molecule has 1 aromatic rings. The summed E-state index contributed by atoms with van der Waals surface area (Å²) in [5, 5.41) is 8.04. The number of hydrogen-bond donors (Lipinski definition) is 2. The predicted molar refractivity (Wildman–Crippen MR) is 83.9 cm³/mol. The lowest BCUT2D eigenvalue weighted by atomic mass is 10.1. The summed E-state index contributed by atoms with van der Waals surface area (Å²) in [5.41, 5.74) is 0.189. The highest BCUT2D eigenvalue weighted by Crippen LogP contribution is 2.18. The highest BCUT2D eigenvalue weighted by Gasteiger charge is 2.15. The van der Waals surface area contributed by atoms with Crippen LogP contribution in [-0.2, 0) is 10.0 Å². The van der Waals surface area contributed by atoms with Crippen LogP contribution in [0, 0.1) is 0 Å². The molecule has 0 spiro atoms. The molecule has 0 aromatic heterocycles. The zero-order valence-electron chi connectivity index (χ0n) is 12.2. The molecule has 0 saturated carbocycles. The van der Waals surface area contributed by atoms with Gasteiger partial charge in [0.1, 0.15) is 0 Å². The maximum absolute atomic E-state index is 12.1. The third-order valence-corrected chi connectivity index (χ3v) is 4.19. The molecule has 1 unspecified atom stereocenters. The Bertz CT molecular complexity index is 602. The highest BCUT2D eigenvalue weighted by molar-refractivity contribution is 7.89. The lowest BCUT2D eigenvalue weighted by Crippen LogP contribution is -2.32. The quantitative estimate of drug-likeness (QED) is 0.752. The van der Waals surface area contributed by atoms with Crippen LogP contribution >= 0.6 is 11.6 Å². The molecule has 1 rings (SSSR count). The third-order valence-electron chi connectivity index (χ3n) is 3.08. The molecule has 0 saturated heterocycles. The van der Waals surface area contributed by atoms with Crippen LogP contribution in [0.1, 0.15) is 49.9 Å². The van der Waals surface area contributed by atoms with Crippen molar-refractivity contribution < 1.29 is 13.2 Å². The molecule has 1 amide bonds. The molecule has 1 aromatic carbocycles. The van der Waals surface area contributed by atoms with Gasteiger partial charge in [-0.05, 0) is 31.5 Å². The number of benzene rings is 1. The Morgan fingerprint density at radius 3 is 2.57 bits per heavy atom. The number of hydrogen-bond acceptors (Lipinski definition) is 3. The number of carbonyl (C=O) groups is 1. The summed E-state index contributed by atoms with van der Waals surface area (Å²) in [6, 6.07) is 3.89. The Labute approximate surface area is 130 Å². The lowest BCUT2D eigenvalue weighted by Gasteiger charge is -2.14. The van der Waals surface area contributed by atoms with Crippen molar-refractivity contribution in [3.8, 4) is 0 Å². The number of nitrogens with two attached hydrogens (primary N) is 1. The number of rotatable bonds is 7. The van der Waals surface area contributed by atoms with Crippen molar-refractivity contribution in [1.29, 1.82) is 0 Å². The summed E-state index contributed by atoms with van der Waals surface area (Å²) in [6.07, 6.45) is 4.15. The van der Waals surface area contributed by atoms with E-state index in [1.807, 2.05) is 6.92 Å². The van der Waals surface area contributed by atoms with Crippen LogP contribution < -0.4 is 10.5 Å². The largest absolute Gasteiger partial charge is 0.350 e. The maximum Gasteiger partial charge on any atom is 0.251 e. The van der Waals surface area contributed by atoms with Gasteiger partial charge in [0, 0.05) is 16.6 Å². The van der Waals surface area contributed by atoms with Gasteiger partial charge in [-0.2, -0.15) is 0 Å². The molecule has 21 heavy (non-hydrogen) atoms. The van der Waals surface area contributed by atoms with Gasteiger partial charge >= 0.3 is 0 Å². The number of primary sulfonamides is 1. The molecule has 0 bridgehead atoms. The SMILES string of the molecule is CCCCCC(C)NC(=O)c1cc(Cl)cc(S(N)(=O)=O)c1. The van der Waals surface area contributed by atoms with Gasteiger partial charge in [-0.25, -0.2) is 13.6 Å². The summed E-state index contributed by atoms with van der Waals surface area (Å²) in [5.74, 6) is -0.355. The van der Waals surface area contributed by atoms with Gasteiger partial charge in [-0.3, -0.25) is 4.79 Å². The van der Waals surface area contributed by atoms with E-state index in [2.05, 4.69) is 12.2 Å². The summed E-state index contributed by atoms with van der Waals surface area (Å²) in [7, 11) is -3.89. The number of unbranched alkanes of at least 4 members (excludes halogenated alkanes) is 2. The van der Waals surface area contributed by atoms with Gasteiger partial charge in [0.2, 0.25) is 10.0 Å². The van der Waals surface area contributed by atoms with Crippen molar-refractivity contribution in [3.05, 3.63) is 28.8 Å². The van der Waals surface area contributed by atoms with Crippen molar-refractivity contribution in [2.75, 3.05) is 0 Å². The van der Waals surface area contributed by atoms with E-state index in [0.717, 1.165) is 25.7 Å². The van der Waals surface area contributed by atoms with Crippen LogP contribution in [-0.4, -0.2) is 20.4 Å². The fraction of sp³-hybridized carbons (Fsp3) is 0.500. The van der Waals surface area contributed by atoms with Crippen molar-refractivity contribution in [1.82, 2.24) is 5.32 Å². The molecule has 118 valence electrons. The molecule has 0 aliphatic heterocycles. The normalized spacial score (nSPS) is 13.0. The molecule has 3 N–H and O–H groups in total. The summed E-state index contributed by atoms with van der Waals surface area (Å²) < 4.78 is 22.7. The maximum atomic E-state index is 12.1. The number of carbonyl (C=O) groups excluding carboxylic acids is 1. The van der Waals surface area contributed by atoms with E-state index in [1.54, 1.807) is 0 Å². The zero-order valence-corrected chi connectivity index (χ0v) is 13.8. The molecule has 0 radical (unpaired) electrons. The standard InChI is InChI=1S/C14H21ClN2O3S/c1-3-4-5-6-10(2)17-14(18)11-7-12(15)9-13(8-11)21(16,19)20/h7-10H,3-6H2,1-2H3,(H,17,18)(H2,16,19,20). The van der Waals surface area contributed by atoms with Crippen molar-refractivity contribution in [2.24, 2.45) is 5.14 Å². The molecular formula is C14H21ClN2O3S. The Balaban J connectivity index is 2.81. The molecule has 0 aliphatic carbocycles. The number of amides is 1. The van der Waals surface area contributed by atoms with Gasteiger partial charge < -0.3 is 5.32 Å². The number of sulfonamides is 1. The first kappa shape index (κ1) is 17.9. The van der Waals surface area contributed by atoms with Gasteiger partial charge in [-0.1, -0.05) is 37.8 Å². The topological polar surface area (TPSA) is 89.3 Å². The molecule has 1 atom stereocenters. The van der Waals surface area contributed by atoms with Crippen LogP contribution in [0.15, 0.2) is 23.1 Å². The minimum atomic E-state index is -3.89. The fourth-order valence-electron chi connectivity index (χ4n) is 1.94. The molecule has 0 fully saturated rings. The van der Waals surface area contributed by atoms with Gasteiger partial charge in [0.15, 0.2) is 0 Å². The van der Waals surface area contributed by atoms with E-state index in [1.165, 1.54) is 18.2 Å². The Morgan fingerprint density at radius 1 is 1.33 bits per heavy atom. The summed E-state index contributed by atoms with van der Waals surface area (Å²) in [4.78, 5) is 11.9. The minimum absolute atomic E-state index is 0.0148. The van der Waals surface area contributed by atoms with Crippen LogP contribution in [0.2, 0.25) is 5.02 Å². The van der Waals surface area contributed by atoms with Crippen molar-refractivity contribution in [2.45, 2.75) is 50.5 Å². The first-order valence-electron chi connectivity index (χ1n) is 6.88. The third kappa shape index (κ3) is 6.03. The van der Waals surface area contributed by atoms with Crippen LogP contribution in [0.5, 0.6) is 0 Å². The number of halogens is 1. The Kier molecular flexibility index (Phi) is 6.64. The van der Waals surface area contributed by atoms with Crippen LogP contribution in [0.25, 0.3) is 0 Å². The second kappa shape index (κ2) is 7.77. The summed E-state index contributed by atoms with van der Waals surface area (Å²) >= 11 is 5.84. The van der Waals surface area contributed by atoms with Gasteiger partial charge in [-0.15, -0.1) is 0 Å². The van der Waals surface area contributed by atoms with Crippen molar-refractivity contribution in [3.63, 3.8) is 0 Å². The smallest absolute Gasteiger partial charge is 0.251 e. The van der Waals surface area contributed by atoms with Gasteiger partial charge in [0.25, 0.3) is 5.91 Å². The average molecular weight is 333 g/mol. The minimum Gasteiger partial charge on any atom is -0.350 e. The molecule has 7 heteroatoms. The monoisotopic (exact) mass is 332 g/mol.